The van der Waals surface area contributed by atoms with Crippen LogP contribution in [0.4, 0.5) is 0 Å². The van der Waals surface area contributed by atoms with E-state index in [2.05, 4.69) is 43.9 Å². The van der Waals surface area contributed by atoms with E-state index in [-0.39, 0.29) is 0 Å². The van der Waals surface area contributed by atoms with Crippen LogP contribution in [0.15, 0.2) is 24.3 Å². The van der Waals surface area contributed by atoms with Crippen molar-refractivity contribution in [2.45, 2.75) is 39.4 Å². The van der Waals surface area contributed by atoms with Crippen LogP contribution in [0.1, 0.15) is 18.9 Å². The molecule has 15 heavy (non-hydrogen) atoms. The lowest BCUT2D eigenvalue weighted by Crippen LogP contribution is -2.37. The van der Waals surface area contributed by atoms with E-state index in [0.717, 1.165) is 5.56 Å². The molecule has 0 saturated carbocycles. The Morgan fingerprint density at radius 1 is 1.13 bits per heavy atom. The SMILES string of the molecule is CCC(=O)Cc1ccc([Si](C)(C)C)cc1. The van der Waals surface area contributed by atoms with Crippen molar-refractivity contribution in [3.8, 4) is 0 Å². The molecule has 0 amide bonds. The molecule has 0 aliphatic carbocycles. The minimum atomic E-state index is -1.19. The molecular formula is C13H20OSi. The third-order valence-corrected chi connectivity index (χ3v) is 4.68. The highest BCUT2D eigenvalue weighted by molar-refractivity contribution is 6.88. The molecule has 0 aromatic heterocycles. The average molecular weight is 220 g/mol. The minimum absolute atomic E-state index is 0.316. The van der Waals surface area contributed by atoms with Crippen molar-refractivity contribution >= 4 is 19.0 Å². The molecule has 0 atom stereocenters. The largest absolute Gasteiger partial charge is 0.299 e. The van der Waals surface area contributed by atoms with Crippen molar-refractivity contribution in [2.75, 3.05) is 0 Å². The topological polar surface area (TPSA) is 17.1 Å². The number of carbonyl (C=O) groups is 1. The highest BCUT2D eigenvalue weighted by Gasteiger charge is 2.15. The van der Waals surface area contributed by atoms with Gasteiger partial charge in [-0.15, -0.1) is 0 Å². The second kappa shape index (κ2) is 4.75. The smallest absolute Gasteiger partial charge is 0.136 e. The van der Waals surface area contributed by atoms with E-state index in [1.54, 1.807) is 0 Å². The zero-order valence-corrected chi connectivity index (χ0v) is 11.1. The fourth-order valence-electron chi connectivity index (χ4n) is 1.48. The molecule has 0 heterocycles. The first-order valence-electron chi connectivity index (χ1n) is 5.54. The van der Waals surface area contributed by atoms with Gasteiger partial charge in [-0.05, 0) is 5.56 Å². The summed E-state index contributed by atoms with van der Waals surface area (Å²) in [6.45, 7) is 8.91. The molecule has 0 saturated heterocycles. The molecule has 1 nitrogen and oxygen atoms in total. The summed E-state index contributed by atoms with van der Waals surface area (Å²) in [5, 5.41) is 1.45. The summed E-state index contributed by atoms with van der Waals surface area (Å²) in [4.78, 5) is 11.3. The first kappa shape index (κ1) is 12.2. The van der Waals surface area contributed by atoms with Gasteiger partial charge >= 0.3 is 0 Å². The predicted octanol–water partition coefficient (Wildman–Crippen LogP) is 2.75. The third kappa shape index (κ3) is 3.63. The molecular weight excluding hydrogens is 200 g/mol. The molecule has 0 N–H and O–H groups in total. The first-order chi connectivity index (χ1) is 6.93. The minimum Gasteiger partial charge on any atom is -0.299 e. The Labute approximate surface area is 93.5 Å². The van der Waals surface area contributed by atoms with Gasteiger partial charge in [-0.1, -0.05) is 56.0 Å². The number of rotatable bonds is 4. The molecule has 2 heteroatoms. The van der Waals surface area contributed by atoms with Gasteiger partial charge in [-0.3, -0.25) is 4.79 Å². The van der Waals surface area contributed by atoms with Gasteiger partial charge in [0.2, 0.25) is 0 Å². The first-order valence-corrected chi connectivity index (χ1v) is 9.04. The summed E-state index contributed by atoms with van der Waals surface area (Å²) >= 11 is 0. The van der Waals surface area contributed by atoms with Crippen LogP contribution >= 0.6 is 0 Å². The summed E-state index contributed by atoms with van der Waals surface area (Å²) in [7, 11) is -1.19. The van der Waals surface area contributed by atoms with Gasteiger partial charge in [0.1, 0.15) is 5.78 Å². The Morgan fingerprint density at radius 3 is 2.07 bits per heavy atom. The monoisotopic (exact) mass is 220 g/mol. The highest BCUT2D eigenvalue weighted by atomic mass is 28.3. The van der Waals surface area contributed by atoms with Gasteiger partial charge in [0.25, 0.3) is 0 Å². The Balaban J connectivity index is 2.77. The zero-order chi connectivity index (χ0) is 11.5. The van der Waals surface area contributed by atoms with E-state index in [1.807, 2.05) is 6.92 Å². The molecule has 0 radical (unpaired) electrons. The molecule has 1 aromatic carbocycles. The molecule has 0 unspecified atom stereocenters. The Morgan fingerprint density at radius 2 is 1.67 bits per heavy atom. The van der Waals surface area contributed by atoms with Crippen LogP contribution in [0.3, 0.4) is 0 Å². The lowest BCUT2D eigenvalue weighted by atomic mass is 10.1. The second-order valence-corrected chi connectivity index (χ2v) is 10.1. The van der Waals surface area contributed by atoms with Gasteiger partial charge < -0.3 is 0 Å². The summed E-state index contributed by atoms with van der Waals surface area (Å²) < 4.78 is 0. The number of ketones is 1. The van der Waals surface area contributed by atoms with Crippen LogP contribution in [0.5, 0.6) is 0 Å². The summed E-state index contributed by atoms with van der Waals surface area (Å²) in [5.74, 6) is 0.316. The van der Waals surface area contributed by atoms with Crippen molar-refractivity contribution in [1.29, 1.82) is 0 Å². The van der Waals surface area contributed by atoms with Crippen molar-refractivity contribution in [2.24, 2.45) is 0 Å². The maximum atomic E-state index is 11.3. The van der Waals surface area contributed by atoms with Crippen molar-refractivity contribution in [3.63, 3.8) is 0 Å². The lowest BCUT2D eigenvalue weighted by molar-refractivity contribution is -0.118. The number of hydrogen-bond donors (Lipinski definition) is 0. The molecule has 0 aliphatic heterocycles. The van der Waals surface area contributed by atoms with E-state index < -0.39 is 8.07 Å². The molecule has 0 spiro atoms. The third-order valence-electron chi connectivity index (χ3n) is 2.62. The van der Waals surface area contributed by atoms with Crippen LogP contribution < -0.4 is 5.19 Å². The summed E-state index contributed by atoms with van der Waals surface area (Å²) in [5.41, 5.74) is 1.14. The highest BCUT2D eigenvalue weighted by Crippen LogP contribution is 2.06. The van der Waals surface area contributed by atoms with Crippen LogP contribution in [-0.4, -0.2) is 13.9 Å². The van der Waals surface area contributed by atoms with Crippen LogP contribution in [0.2, 0.25) is 19.6 Å². The Bertz CT molecular complexity index is 333. The van der Waals surface area contributed by atoms with Crippen molar-refractivity contribution < 1.29 is 4.79 Å². The average Bonchev–Trinajstić information content (AvgIpc) is 2.17. The number of hydrogen-bond acceptors (Lipinski definition) is 1. The van der Waals surface area contributed by atoms with Gasteiger partial charge in [0.15, 0.2) is 0 Å². The van der Waals surface area contributed by atoms with Crippen LogP contribution in [0.25, 0.3) is 0 Å². The Hall–Kier alpha value is -0.893. The fourth-order valence-corrected chi connectivity index (χ4v) is 2.64. The quantitative estimate of drug-likeness (QED) is 0.713. The van der Waals surface area contributed by atoms with E-state index >= 15 is 0 Å². The van der Waals surface area contributed by atoms with Crippen molar-refractivity contribution in [1.82, 2.24) is 0 Å². The van der Waals surface area contributed by atoms with E-state index in [9.17, 15) is 4.79 Å². The molecule has 0 fully saturated rings. The van der Waals surface area contributed by atoms with Crippen LogP contribution in [-0.2, 0) is 11.2 Å². The molecule has 0 bridgehead atoms. The second-order valence-electron chi connectivity index (χ2n) is 5.02. The maximum absolute atomic E-state index is 11.3. The molecule has 82 valence electrons. The van der Waals surface area contributed by atoms with Gasteiger partial charge in [0.05, 0.1) is 8.07 Å². The van der Waals surface area contributed by atoms with E-state index in [0.29, 0.717) is 18.6 Å². The van der Waals surface area contributed by atoms with E-state index in [1.165, 1.54) is 5.19 Å². The predicted molar refractivity (Wildman–Crippen MR) is 68.4 cm³/mol. The lowest BCUT2D eigenvalue weighted by Gasteiger charge is -2.16. The normalized spacial score (nSPS) is 11.5. The summed E-state index contributed by atoms with van der Waals surface area (Å²) in [6, 6.07) is 8.57. The van der Waals surface area contributed by atoms with E-state index in [4.69, 9.17) is 0 Å². The van der Waals surface area contributed by atoms with Crippen LogP contribution in [0, 0.1) is 0 Å². The van der Waals surface area contributed by atoms with Gasteiger partial charge in [-0.25, -0.2) is 0 Å². The number of benzene rings is 1. The molecule has 1 rings (SSSR count). The van der Waals surface area contributed by atoms with Crippen molar-refractivity contribution in [3.05, 3.63) is 29.8 Å². The zero-order valence-electron chi connectivity index (χ0n) is 10.1. The summed E-state index contributed by atoms with van der Waals surface area (Å²) in [6.07, 6.45) is 1.22. The van der Waals surface area contributed by atoms with Gasteiger partial charge in [0, 0.05) is 12.8 Å². The van der Waals surface area contributed by atoms with Gasteiger partial charge in [-0.2, -0.15) is 0 Å². The number of Topliss-reactive ketones (excluding diaryl/α,β-unsaturated/α-hetero) is 1. The fraction of sp³-hybridized carbons (Fsp3) is 0.462. The molecule has 1 aromatic rings. The Kier molecular flexibility index (Phi) is 3.86. The number of carbonyl (C=O) groups excluding carboxylic acids is 1. The maximum Gasteiger partial charge on any atom is 0.136 e. The molecule has 0 aliphatic rings. The standard InChI is InChI=1S/C13H20OSi/c1-5-12(14)10-11-6-8-13(9-7-11)15(2,3)4/h6-9H,5,10H2,1-4H3.